The molecule has 2 aromatic heterocycles. The van der Waals surface area contributed by atoms with Gasteiger partial charge in [-0.05, 0) is 54.6 Å². The van der Waals surface area contributed by atoms with Crippen LogP contribution in [0.1, 0.15) is 40.6 Å². The van der Waals surface area contributed by atoms with Gasteiger partial charge in [0.1, 0.15) is 22.9 Å². The molecule has 0 saturated heterocycles. The minimum atomic E-state index is -3.99. The highest BCUT2D eigenvalue weighted by atomic mass is 35.5. The van der Waals surface area contributed by atoms with Gasteiger partial charge in [-0.25, -0.2) is 26.0 Å². The van der Waals surface area contributed by atoms with Gasteiger partial charge in [-0.15, -0.1) is 0 Å². The standard InChI is InChI=1S/C24H18ClF4N3O5S/c1-36-16-8-14(9-18(10-16)38(34,35)17-5-2-13(25)3-6-17)30-24(33)21-7-4-15(37-21)12-32-20(23(28)29)11-19(31-32)22(26)27/h2-11,22-23H,12H2,1H3,(H,30,33). The number of anilines is 1. The lowest BCUT2D eigenvalue weighted by Crippen LogP contribution is -2.12. The molecular formula is C24H18ClF4N3O5S. The Labute approximate surface area is 218 Å². The van der Waals surface area contributed by atoms with Crippen molar-refractivity contribution in [1.29, 1.82) is 0 Å². The van der Waals surface area contributed by atoms with Gasteiger partial charge in [-0.2, -0.15) is 5.10 Å². The second kappa shape index (κ2) is 10.9. The minimum Gasteiger partial charge on any atom is -0.497 e. The number of alkyl halides is 4. The van der Waals surface area contributed by atoms with Crippen LogP contribution in [0.3, 0.4) is 0 Å². The van der Waals surface area contributed by atoms with Crippen LogP contribution in [0.5, 0.6) is 5.75 Å². The van der Waals surface area contributed by atoms with Crippen molar-refractivity contribution in [2.24, 2.45) is 0 Å². The molecule has 0 unspecified atom stereocenters. The largest absolute Gasteiger partial charge is 0.497 e. The number of nitrogens with zero attached hydrogens (tertiary/aromatic N) is 2. The molecule has 2 aromatic carbocycles. The van der Waals surface area contributed by atoms with Gasteiger partial charge in [-0.1, -0.05) is 11.6 Å². The Hall–Kier alpha value is -3.84. The van der Waals surface area contributed by atoms with Crippen molar-refractivity contribution >= 4 is 33.0 Å². The third kappa shape index (κ3) is 5.83. The molecule has 0 aliphatic carbocycles. The van der Waals surface area contributed by atoms with Crippen LogP contribution < -0.4 is 10.1 Å². The van der Waals surface area contributed by atoms with Gasteiger partial charge in [-0.3, -0.25) is 9.48 Å². The highest BCUT2D eigenvalue weighted by Gasteiger charge is 2.23. The molecule has 0 fully saturated rings. The molecule has 14 heteroatoms. The fraction of sp³-hybridized carbons (Fsp3) is 0.167. The first-order valence-corrected chi connectivity index (χ1v) is 12.6. The van der Waals surface area contributed by atoms with Gasteiger partial charge >= 0.3 is 0 Å². The third-order valence-corrected chi connectivity index (χ3v) is 7.28. The Morgan fingerprint density at radius 2 is 1.74 bits per heavy atom. The van der Waals surface area contributed by atoms with Crippen LogP contribution in [0.25, 0.3) is 0 Å². The smallest absolute Gasteiger partial charge is 0.291 e. The number of ether oxygens (including phenoxy) is 1. The molecule has 0 bridgehead atoms. The molecule has 1 amide bonds. The number of hydrogen-bond acceptors (Lipinski definition) is 6. The van der Waals surface area contributed by atoms with Crippen molar-refractivity contribution in [3.63, 3.8) is 0 Å². The summed E-state index contributed by atoms with van der Waals surface area (Å²) in [5, 5.41) is 6.32. The number of halogens is 5. The second-order valence-electron chi connectivity index (χ2n) is 7.83. The number of furan rings is 1. The number of sulfone groups is 1. The quantitative estimate of drug-likeness (QED) is 0.242. The van der Waals surface area contributed by atoms with Crippen LogP contribution in [0.2, 0.25) is 5.02 Å². The first kappa shape index (κ1) is 27.2. The molecule has 0 spiro atoms. The lowest BCUT2D eigenvalue weighted by molar-refractivity contribution is 0.0994. The van der Waals surface area contributed by atoms with E-state index in [2.05, 4.69) is 10.4 Å². The highest BCUT2D eigenvalue weighted by Crippen LogP contribution is 2.30. The van der Waals surface area contributed by atoms with Crippen molar-refractivity contribution in [3.05, 3.63) is 88.6 Å². The predicted octanol–water partition coefficient (Wildman–Crippen LogP) is 6.15. The lowest BCUT2D eigenvalue weighted by atomic mass is 10.3. The van der Waals surface area contributed by atoms with Crippen LogP contribution in [0, 0.1) is 0 Å². The zero-order chi connectivity index (χ0) is 27.6. The minimum absolute atomic E-state index is 0.00221. The lowest BCUT2D eigenvalue weighted by Gasteiger charge is -2.11. The van der Waals surface area contributed by atoms with Crippen molar-refractivity contribution < 1.29 is 39.9 Å². The summed E-state index contributed by atoms with van der Waals surface area (Å²) in [7, 11) is -2.67. The van der Waals surface area contributed by atoms with Crippen LogP contribution >= 0.6 is 11.6 Å². The van der Waals surface area contributed by atoms with E-state index in [1.54, 1.807) is 0 Å². The van der Waals surface area contributed by atoms with Crippen molar-refractivity contribution in [3.8, 4) is 5.75 Å². The summed E-state index contributed by atoms with van der Waals surface area (Å²) in [5.74, 6) is -0.895. The number of aromatic nitrogens is 2. The van der Waals surface area contributed by atoms with Gasteiger partial charge in [0, 0.05) is 16.8 Å². The summed E-state index contributed by atoms with van der Waals surface area (Å²) >= 11 is 5.84. The monoisotopic (exact) mass is 571 g/mol. The zero-order valence-corrected chi connectivity index (χ0v) is 20.9. The van der Waals surface area contributed by atoms with E-state index in [1.165, 1.54) is 61.7 Å². The average Bonchev–Trinajstić information content (AvgIpc) is 3.52. The average molecular weight is 572 g/mol. The molecule has 0 aliphatic heterocycles. The van der Waals surface area contributed by atoms with Gasteiger partial charge in [0.25, 0.3) is 18.8 Å². The molecule has 38 heavy (non-hydrogen) atoms. The molecule has 0 radical (unpaired) electrons. The number of methoxy groups -OCH3 is 1. The number of nitrogens with one attached hydrogen (secondary N) is 1. The normalized spacial score (nSPS) is 11.8. The molecule has 0 saturated carbocycles. The number of carbonyl (C=O) groups is 1. The van der Waals surface area contributed by atoms with E-state index in [4.69, 9.17) is 20.8 Å². The molecule has 0 aliphatic rings. The maximum absolute atomic E-state index is 13.2. The zero-order valence-electron chi connectivity index (χ0n) is 19.4. The molecular weight excluding hydrogens is 554 g/mol. The third-order valence-electron chi connectivity index (χ3n) is 5.28. The summed E-state index contributed by atoms with van der Waals surface area (Å²) in [4.78, 5) is 12.6. The fourth-order valence-electron chi connectivity index (χ4n) is 3.45. The summed E-state index contributed by atoms with van der Waals surface area (Å²) in [6, 6.07) is 12.6. The second-order valence-corrected chi connectivity index (χ2v) is 10.2. The molecule has 1 N–H and O–H groups in total. The Morgan fingerprint density at radius 1 is 1.03 bits per heavy atom. The molecule has 4 aromatic rings. The van der Waals surface area contributed by atoms with E-state index in [0.29, 0.717) is 15.8 Å². The summed E-state index contributed by atoms with van der Waals surface area (Å²) in [6.07, 6.45) is -6.10. The molecule has 8 nitrogen and oxygen atoms in total. The maximum Gasteiger partial charge on any atom is 0.291 e. The van der Waals surface area contributed by atoms with Crippen LogP contribution in [-0.4, -0.2) is 31.2 Å². The SMILES string of the molecule is COc1cc(NC(=O)c2ccc(Cn3nc(C(F)F)cc3C(F)F)o2)cc(S(=O)(=O)c2ccc(Cl)cc2)c1. The van der Waals surface area contributed by atoms with Crippen LogP contribution in [0.15, 0.2) is 74.9 Å². The highest BCUT2D eigenvalue weighted by molar-refractivity contribution is 7.91. The molecule has 0 atom stereocenters. The summed E-state index contributed by atoms with van der Waals surface area (Å²) in [5.41, 5.74) is -1.48. The van der Waals surface area contributed by atoms with E-state index < -0.39 is 46.5 Å². The first-order valence-electron chi connectivity index (χ1n) is 10.7. The Balaban J connectivity index is 1.56. The molecule has 200 valence electrons. The summed E-state index contributed by atoms with van der Waals surface area (Å²) in [6.45, 7) is -0.428. The van der Waals surface area contributed by atoms with E-state index in [1.807, 2.05) is 0 Å². The van der Waals surface area contributed by atoms with Crippen molar-refractivity contribution in [2.45, 2.75) is 29.2 Å². The van der Waals surface area contributed by atoms with Crippen molar-refractivity contribution in [1.82, 2.24) is 9.78 Å². The van der Waals surface area contributed by atoms with E-state index in [0.717, 1.165) is 0 Å². The van der Waals surface area contributed by atoms with Gasteiger partial charge < -0.3 is 14.5 Å². The van der Waals surface area contributed by atoms with E-state index >= 15 is 0 Å². The Morgan fingerprint density at radius 3 is 2.37 bits per heavy atom. The Bertz CT molecular complexity index is 1570. The van der Waals surface area contributed by atoms with Crippen LogP contribution in [-0.2, 0) is 16.4 Å². The first-order chi connectivity index (χ1) is 18.0. The van der Waals surface area contributed by atoms with Gasteiger partial charge in [0.05, 0.1) is 23.4 Å². The summed E-state index contributed by atoms with van der Waals surface area (Å²) < 4.78 is 89.6. The van der Waals surface area contributed by atoms with E-state index in [9.17, 15) is 30.8 Å². The van der Waals surface area contributed by atoms with Crippen molar-refractivity contribution in [2.75, 3.05) is 12.4 Å². The number of hydrogen-bond donors (Lipinski definition) is 1. The number of benzene rings is 2. The predicted molar refractivity (Wildman–Crippen MR) is 128 cm³/mol. The van der Waals surface area contributed by atoms with E-state index in [-0.39, 0.29) is 32.7 Å². The number of amides is 1. The number of rotatable bonds is 9. The topological polar surface area (TPSA) is 103 Å². The molecule has 2 heterocycles. The fourth-order valence-corrected chi connectivity index (χ4v) is 4.90. The maximum atomic E-state index is 13.2. The van der Waals surface area contributed by atoms with Gasteiger partial charge in [0.15, 0.2) is 5.76 Å². The van der Waals surface area contributed by atoms with Gasteiger partial charge in [0.2, 0.25) is 9.84 Å². The van der Waals surface area contributed by atoms with Crippen LogP contribution in [0.4, 0.5) is 23.2 Å². The molecule has 4 rings (SSSR count). The Kier molecular flexibility index (Phi) is 7.78. The number of carbonyl (C=O) groups excluding carboxylic acids is 1.